The van der Waals surface area contributed by atoms with Crippen molar-refractivity contribution in [2.24, 2.45) is 5.92 Å². The Balaban J connectivity index is 2.52. The third-order valence-corrected chi connectivity index (χ3v) is 3.12. The van der Waals surface area contributed by atoms with Crippen molar-refractivity contribution in [2.45, 2.75) is 26.3 Å². The van der Waals surface area contributed by atoms with Crippen LogP contribution in [0, 0.1) is 11.7 Å². The van der Waals surface area contributed by atoms with Gasteiger partial charge >= 0.3 is 0 Å². The molecule has 3 N–H and O–H groups in total. The number of hydrogen-bond donors (Lipinski definition) is 3. The molecule has 3 amide bonds. The second-order valence-electron chi connectivity index (χ2n) is 5.55. The molecule has 0 heterocycles. The van der Waals surface area contributed by atoms with E-state index in [0.717, 1.165) is 0 Å². The van der Waals surface area contributed by atoms with Gasteiger partial charge in [0, 0.05) is 12.6 Å². The van der Waals surface area contributed by atoms with Crippen LogP contribution in [0.4, 0.5) is 4.39 Å². The molecule has 1 unspecified atom stereocenters. The molecule has 0 bridgehead atoms. The Morgan fingerprint density at radius 3 is 2.26 bits per heavy atom. The summed E-state index contributed by atoms with van der Waals surface area (Å²) in [5, 5.41) is 7.51. The second kappa shape index (κ2) is 8.87. The zero-order valence-corrected chi connectivity index (χ0v) is 13.5. The SMILES string of the molecule is CNC(=O)C(CC(C)C)NC(=O)CNC(=O)c1ccc(F)cc1. The third-order valence-electron chi connectivity index (χ3n) is 3.12. The lowest BCUT2D eigenvalue weighted by molar-refractivity contribution is -0.128. The van der Waals surface area contributed by atoms with Gasteiger partial charge in [0.05, 0.1) is 6.54 Å². The van der Waals surface area contributed by atoms with Gasteiger partial charge in [0.1, 0.15) is 11.9 Å². The molecular weight excluding hydrogens is 301 g/mol. The van der Waals surface area contributed by atoms with Crippen LogP contribution in [-0.4, -0.2) is 37.4 Å². The van der Waals surface area contributed by atoms with Crippen LogP contribution in [0.5, 0.6) is 0 Å². The number of carbonyl (C=O) groups is 3. The molecule has 1 aromatic carbocycles. The Hall–Kier alpha value is -2.44. The lowest BCUT2D eigenvalue weighted by atomic mass is 10.0. The summed E-state index contributed by atoms with van der Waals surface area (Å²) in [7, 11) is 1.50. The van der Waals surface area contributed by atoms with Gasteiger partial charge in [0.25, 0.3) is 5.91 Å². The van der Waals surface area contributed by atoms with Crippen molar-refractivity contribution < 1.29 is 18.8 Å². The predicted molar refractivity (Wildman–Crippen MR) is 84.2 cm³/mol. The first kappa shape index (κ1) is 18.6. The summed E-state index contributed by atoms with van der Waals surface area (Å²) in [5.41, 5.74) is 0.254. The van der Waals surface area contributed by atoms with Crippen molar-refractivity contribution in [1.29, 1.82) is 0 Å². The molecule has 0 aliphatic heterocycles. The summed E-state index contributed by atoms with van der Waals surface area (Å²) < 4.78 is 12.8. The largest absolute Gasteiger partial charge is 0.357 e. The molecule has 23 heavy (non-hydrogen) atoms. The van der Waals surface area contributed by atoms with Gasteiger partial charge in [-0.05, 0) is 36.6 Å². The molecule has 1 rings (SSSR count). The van der Waals surface area contributed by atoms with Gasteiger partial charge in [-0.3, -0.25) is 14.4 Å². The minimum atomic E-state index is -0.643. The van der Waals surface area contributed by atoms with Crippen molar-refractivity contribution >= 4 is 17.7 Å². The van der Waals surface area contributed by atoms with Gasteiger partial charge in [0.2, 0.25) is 11.8 Å². The summed E-state index contributed by atoms with van der Waals surface area (Å²) in [4.78, 5) is 35.4. The van der Waals surface area contributed by atoms with Gasteiger partial charge in [-0.2, -0.15) is 0 Å². The first-order valence-electron chi connectivity index (χ1n) is 7.38. The summed E-state index contributed by atoms with van der Waals surface area (Å²) >= 11 is 0. The molecule has 0 fully saturated rings. The highest BCUT2D eigenvalue weighted by atomic mass is 19.1. The van der Waals surface area contributed by atoms with E-state index in [0.29, 0.717) is 6.42 Å². The smallest absolute Gasteiger partial charge is 0.251 e. The molecule has 0 aliphatic carbocycles. The van der Waals surface area contributed by atoms with Gasteiger partial charge in [0.15, 0.2) is 0 Å². The number of nitrogens with one attached hydrogen (secondary N) is 3. The number of carbonyl (C=O) groups excluding carboxylic acids is 3. The summed E-state index contributed by atoms with van der Waals surface area (Å²) in [6.07, 6.45) is 0.497. The van der Waals surface area contributed by atoms with Crippen LogP contribution < -0.4 is 16.0 Å². The fourth-order valence-corrected chi connectivity index (χ4v) is 1.99. The van der Waals surface area contributed by atoms with Crippen LogP contribution in [0.2, 0.25) is 0 Å². The van der Waals surface area contributed by atoms with Crippen LogP contribution in [0.15, 0.2) is 24.3 Å². The highest BCUT2D eigenvalue weighted by Crippen LogP contribution is 2.05. The Morgan fingerprint density at radius 2 is 1.74 bits per heavy atom. The van der Waals surface area contributed by atoms with Crippen molar-refractivity contribution in [1.82, 2.24) is 16.0 Å². The van der Waals surface area contributed by atoms with Gasteiger partial charge in [-0.25, -0.2) is 4.39 Å². The Kier molecular flexibility index (Phi) is 7.18. The summed E-state index contributed by atoms with van der Waals surface area (Å²) in [6, 6.07) is 4.34. The maximum atomic E-state index is 12.8. The molecule has 0 aliphatic rings. The van der Waals surface area contributed by atoms with E-state index in [2.05, 4.69) is 16.0 Å². The van der Waals surface area contributed by atoms with E-state index in [1.165, 1.54) is 31.3 Å². The highest BCUT2D eigenvalue weighted by Gasteiger charge is 2.21. The summed E-state index contributed by atoms with van der Waals surface area (Å²) in [6.45, 7) is 3.62. The standard InChI is InChI=1S/C16H22FN3O3/c1-10(2)8-13(16(23)18-3)20-14(21)9-19-15(22)11-4-6-12(17)7-5-11/h4-7,10,13H,8-9H2,1-3H3,(H,18,23)(H,19,22)(H,20,21). The van der Waals surface area contributed by atoms with E-state index in [4.69, 9.17) is 0 Å². The predicted octanol–water partition coefficient (Wildman–Crippen LogP) is 0.832. The molecule has 1 atom stereocenters. The molecule has 1 aromatic rings. The number of benzene rings is 1. The quantitative estimate of drug-likeness (QED) is 0.695. The maximum Gasteiger partial charge on any atom is 0.251 e. The van der Waals surface area contributed by atoms with E-state index in [1.54, 1.807) is 0 Å². The molecule has 0 spiro atoms. The van der Waals surface area contributed by atoms with Crippen LogP contribution in [0.3, 0.4) is 0 Å². The number of rotatable bonds is 7. The first-order chi connectivity index (χ1) is 10.8. The van der Waals surface area contributed by atoms with Crippen LogP contribution in [-0.2, 0) is 9.59 Å². The highest BCUT2D eigenvalue weighted by molar-refractivity contribution is 5.97. The Labute approximate surface area is 134 Å². The second-order valence-corrected chi connectivity index (χ2v) is 5.55. The lowest BCUT2D eigenvalue weighted by Gasteiger charge is -2.19. The average Bonchev–Trinajstić information content (AvgIpc) is 2.51. The number of likely N-dealkylation sites (N-methyl/N-ethyl adjacent to an activating group) is 1. The van der Waals surface area contributed by atoms with Crippen molar-refractivity contribution in [3.63, 3.8) is 0 Å². The molecule has 0 saturated carbocycles. The Morgan fingerprint density at radius 1 is 1.13 bits per heavy atom. The van der Waals surface area contributed by atoms with Gasteiger partial charge < -0.3 is 16.0 Å². The minimum absolute atomic E-state index is 0.228. The van der Waals surface area contributed by atoms with Crippen molar-refractivity contribution in [2.75, 3.05) is 13.6 Å². The molecule has 0 aromatic heterocycles. The fraction of sp³-hybridized carbons (Fsp3) is 0.438. The maximum absolute atomic E-state index is 12.8. The normalized spacial score (nSPS) is 11.7. The van der Waals surface area contributed by atoms with Crippen molar-refractivity contribution in [3.8, 4) is 0 Å². The topological polar surface area (TPSA) is 87.3 Å². The van der Waals surface area contributed by atoms with Gasteiger partial charge in [-0.15, -0.1) is 0 Å². The van der Waals surface area contributed by atoms with Crippen LogP contribution >= 0.6 is 0 Å². The zero-order valence-electron chi connectivity index (χ0n) is 13.5. The molecule has 6 nitrogen and oxygen atoms in total. The summed E-state index contributed by atoms with van der Waals surface area (Å²) in [5.74, 6) is -1.44. The van der Waals surface area contributed by atoms with E-state index < -0.39 is 23.7 Å². The average molecular weight is 323 g/mol. The molecule has 0 saturated heterocycles. The number of amides is 3. The zero-order chi connectivity index (χ0) is 17.4. The van der Waals surface area contributed by atoms with E-state index in [1.807, 2.05) is 13.8 Å². The van der Waals surface area contributed by atoms with E-state index in [-0.39, 0.29) is 23.9 Å². The van der Waals surface area contributed by atoms with Gasteiger partial charge in [-0.1, -0.05) is 13.8 Å². The lowest BCUT2D eigenvalue weighted by Crippen LogP contribution is -2.49. The first-order valence-corrected chi connectivity index (χ1v) is 7.38. The van der Waals surface area contributed by atoms with Crippen LogP contribution in [0.25, 0.3) is 0 Å². The minimum Gasteiger partial charge on any atom is -0.357 e. The number of halogens is 1. The monoisotopic (exact) mass is 323 g/mol. The Bertz CT molecular complexity index is 558. The van der Waals surface area contributed by atoms with Crippen molar-refractivity contribution in [3.05, 3.63) is 35.6 Å². The van der Waals surface area contributed by atoms with E-state index in [9.17, 15) is 18.8 Å². The van der Waals surface area contributed by atoms with Crippen LogP contribution in [0.1, 0.15) is 30.6 Å². The molecular formula is C16H22FN3O3. The number of hydrogen-bond acceptors (Lipinski definition) is 3. The molecule has 0 radical (unpaired) electrons. The molecule has 7 heteroatoms. The molecule has 126 valence electrons. The fourth-order valence-electron chi connectivity index (χ4n) is 1.99. The third kappa shape index (κ3) is 6.46. The van der Waals surface area contributed by atoms with E-state index >= 15 is 0 Å².